The van der Waals surface area contributed by atoms with Crippen molar-refractivity contribution in [1.82, 2.24) is 13.7 Å². The monoisotopic (exact) mass is 718 g/mol. The van der Waals surface area contributed by atoms with Gasteiger partial charge in [0.15, 0.2) is 0 Å². The van der Waals surface area contributed by atoms with E-state index in [1.807, 2.05) is 0 Å². The molecule has 3 heterocycles. The van der Waals surface area contributed by atoms with Gasteiger partial charge < -0.3 is 18.6 Å². The van der Waals surface area contributed by atoms with E-state index >= 15 is 0 Å². The van der Waals surface area contributed by atoms with Gasteiger partial charge in [-0.05, 0) is 111 Å². The minimum absolute atomic E-state index is 1.09. The van der Waals surface area contributed by atoms with Crippen molar-refractivity contribution in [2.75, 3.05) is 4.90 Å². The van der Waals surface area contributed by atoms with Crippen molar-refractivity contribution in [3.8, 4) is 17.1 Å². The Balaban J connectivity index is 1.12. The van der Waals surface area contributed by atoms with Gasteiger partial charge in [0.05, 0.1) is 27.6 Å². The highest BCUT2D eigenvalue weighted by Crippen LogP contribution is 2.42. The summed E-state index contributed by atoms with van der Waals surface area (Å²) >= 11 is 0. The fourth-order valence-electron chi connectivity index (χ4n) is 8.75. The normalized spacial score (nSPS) is 11.8. The van der Waals surface area contributed by atoms with Gasteiger partial charge >= 0.3 is 0 Å². The average Bonchev–Trinajstić information content (AvgIpc) is 3.93. The molecule has 0 amide bonds. The lowest BCUT2D eigenvalue weighted by molar-refractivity contribution is 1.13. The molecule has 4 heteroatoms. The molecule has 4 nitrogen and oxygen atoms in total. The SMILES string of the molecule is Cc1ccc(N(c2cccc(-n3c4ccccc4c4c5c(ccc43)ccn5-c3ccccc3)c2)c2ccc3c(c2)c2ccccc2n3-c2ccc(C)cc2)cc1. The van der Waals surface area contributed by atoms with E-state index in [9.17, 15) is 0 Å². The van der Waals surface area contributed by atoms with Crippen LogP contribution in [-0.2, 0) is 0 Å². The van der Waals surface area contributed by atoms with Crippen molar-refractivity contribution in [1.29, 1.82) is 0 Å². The van der Waals surface area contributed by atoms with E-state index in [0.717, 1.165) is 34.1 Å². The third kappa shape index (κ3) is 5.00. The number of aromatic nitrogens is 3. The van der Waals surface area contributed by atoms with Crippen molar-refractivity contribution in [2.24, 2.45) is 0 Å². The molecule has 0 aliphatic rings. The molecular formula is C52H38N4. The van der Waals surface area contributed by atoms with Crippen LogP contribution in [0.5, 0.6) is 0 Å². The van der Waals surface area contributed by atoms with Crippen LogP contribution in [0.4, 0.5) is 17.1 Å². The Labute approximate surface area is 325 Å². The molecule has 0 radical (unpaired) electrons. The van der Waals surface area contributed by atoms with Crippen molar-refractivity contribution in [3.63, 3.8) is 0 Å². The Hall–Kier alpha value is -7.30. The largest absolute Gasteiger partial charge is 0.316 e. The summed E-state index contributed by atoms with van der Waals surface area (Å²) in [5.41, 5.74) is 15.2. The highest BCUT2D eigenvalue weighted by Gasteiger charge is 2.21. The molecule has 0 aliphatic heterocycles. The van der Waals surface area contributed by atoms with Crippen LogP contribution in [0.15, 0.2) is 194 Å². The molecule has 11 aromatic rings. The lowest BCUT2D eigenvalue weighted by atomic mass is 10.1. The summed E-state index contributed by atoms with van der Waals surface area (Å²) in [6.45, 7) is 4.29. The molecule has 0 bridgehead atoms. The first-order chi connectivity index (χ1) is 27.6. The summed E-state index contributed by atoms with van der Waals surface area (Å²) in [6.07, 6.45) is 2.20. The minimum atomic E-state index is 1.09. The minimum Gasteiger partial charge on any atom is -0.316 e. The van der Waals surface area contributed by atoms with Crippen LogP contribution < -0.4 is 4.90 Å². The molecule has 0 spiro atoms. The van der Waals surface area contributed by atoms with E-state index in [4.69, 9.17) is 0 Å². The molecule has 56 heavy (non-hydrogen) atoms. The number of rotatable bonds is 6. The zero-order chi connectivity index (χ0) is 37.3. The maximum atomic E-state index is 2.43. The first kappa shape index (κ1) is 32.2. The smallest absolute Gasteiger partial charge is 0.0628 e. The second-order valence-electron chi connectivity index (χ2n) is 14.9. The number of anilines is 3. The zero-order valence-corrected chi connectivity index (χ0v) is 31.3. The number of hydrogen-bond acceptors (Lipinski definition) is 1. The van der Waals surface area contributed by atoms with Crippen LogP contribution in [0.25, 0.3) is 71.6 Å². The average molecular weight is 719 g/mol. The topological polar surface area (TPSA) is 18.0 Å². The molecule has 8 aromatic carbocycles. The Morgan fingerprint density at radius 3 is 1.75 bits per heavy atom. The predicted octanol–water partition coefficient (Wildman–Crippen LogP) is 13.9. The zero-order valence-electron chi connectivity index (χ0n) is 31.3. The maximum Gasteiger partial charge on any atom is 0.0628 e. The van der Waals surface area contributed by atoms with Gasteiger partial charge in [-0.15, -0.1) is 0 Å². The standard InChI is InChI=1S/C52H38N4/c1-35-19-24-39(25-20-35)54(43-28-30-49-46(34-43)44-15-6-8-17-47(44)55(49)40-26-21-36(2)22-27-40)41-13-10-14-42(33-41)56-48-18-9-7-16-45(48)51-50(56)29-23-37-31-32-53(52(37)51)38-11-4-3-5-12-38/h3-34H,1-2H3. The van der Waals surface area contributed by atoms with E-state index in [0.29, 0.717) is 0 Å². The van der Waals surface area contributed by atoms with Crippen LogP contribution >= 0.6 is 0 Å². The van der Waals surface area contributed by atoms with E-state index in [-0.39, 0.29) is 0 Å². The fourth-order valence-corrected chi connectivity index (χ4v) is 8.75. The number of hydrogen-bond donors (Lipinski definition) is 0. The first-order valence-corrected chi connectivity index (χ1v) is 19.3. The molecule has 0 atom stereocenters. The van der Waals surface area contributed by atoms with Crippen molar-refractivity contribution < 1.29 is 0 Å². The summed E-state index contributed by atoms with van der Waals surface area (Å²) in [7, 11) is 0. The fraction of sp³-hybridized carbons (Fsp3) is 0.0385. The third-order valence-corrected chi connectivity index (χ3v) is 11.4. The molecule has 0 fully saturated rings. The molecule has 0 unspecified atom stereocenters. The molecule has 0 N–H and O–H groups in total. The lowest BCUT2D eigenvalue weighted by Crippen LogP contribution is -2.10. The Morgan fingerprint density at radius 2 is 0.964 bits per heavy atom. The molecule has 266 valence electrons. The van der Waals surface area contributed by atoms with Crippen LogP contribution in [0.2, 0.25) is 0 Å². The second-order valence-corrected chi connectivity index (χ2v) is 14.9. The molecular weight excluding hydrogens is 681 g/mol. The van der Waals surface area contributed by atoms with Crippen molar-refractivity contribution >= 4 is 71.6 Å². The van der Waals surface area contributed by atoms with Crippen LogP contribution in [0.1, 0.15) is 11.1 Å². The lowest BCUT2D eigenvalue weighted by Gasteiger charge is -2.26. The van der Waals surface area contributed by atoms with Gasteiger partial charge in [-0.2, -0.15) is 0 Å². The second kappa shape index (κ2) is 12.6. The maximum absolute atomic E-state index is 2.43. The van der Waals surface area contributed by atoms with Crippen LogP contribution in [-0.4, -0.2) is 13.7 Å². The van der Waals surface area contributed by atoms with E-state index in [2.05, 4.69) is 227 Å². The summed E-state index contributed by atoms with van der Waals surface area (Å²) in [5, 5.41) is 6.17. The summed E-state index contributed by atoms with van der Waals surface area (Å²) < 4.78 is 7.15. The highest BCUT2D eigenvalue weighted by atomic mass is 15.1. The van der Waals surface area contributed by atoms with Gasteiger partial charge in [-0.25, -0.2) is 0 Å². The molecule has 11 rings (SSSR count). The van der Waals surface area contributed by atoms with Gasteiger partial charge in [0.25, 0.3) is 0 Å². The van der Waals surface area contributed by atoms with Gasteiger partial charge in [-0.1, -0.05) is 102 Å². The number of benzene rings is 8. The van der Waals surface area contributed by atoms with Gasteiger partial charge in [-0.3, -0.25) is 0 Å². The molecule has 0 saturated heterocycles. The Morgan fingerprint density at radius 1 is 0.375 bits per heavy atom. The van der Waals surface area contributed by atoms with E-state index < -0.39 is 0 Å². The highest BCUT2D eigenvalue weighted by molar-refractivity contribution is 6.21. The number of fused-ring (bicyclic) bond motifs is 8. The summed E-state index contributed by atoms with van der Waals surface area (Å²) in [5.74, 6) is 0. The predicted molar refractivity (Wildman–Crippen MR) is 236 cm³/mol. The molecule has 0 saturated carbocycles. The number of para-hydroxylation sites is 3. The summed E-state index contributed by atoms with van der Waals surface area (Å²) in [6, 6.07) is 68.6. The van der Waals surface area contributed by atoms with Crippen molar-refractivity contribution in [2.45, 2.75) is 13.8 Å². The van der Waals surface area contributed by atoms with Gasteiger partial charge in [0.1, 0.15) is 0 Å². The van der Waals surface area contributed by atoms with Crippen molar-refractivity contribution in [3.05, 3.63) is 205 Å². The number of nitrogens with zero attached hydrogens (tertiary/aromatic N) is 4. The summed E-state index contributed by atoms with van der Waals surface area (Å²) in [4.78, 5) is 2.40. The Bertz CT molecular complexity index is 3250. The molecule has 3 aromatic heterocycles. The van der Waals surface area contributed by atoms with E-state index in [1.165, 1.54) is 65.6 Å². The van der Waals surface area contributed by atoms with Crippen LogP contribution in [0.3, 0.4) is 0 Å². The quantitative estimate of drug-likeness (QED) is 0.167. The van der Waals surface area contributed by atoms with Gasteiger partial charge in [0, 0.05) is 67.3 Å². The third-order valence-electron chi connectivity index (χ3n) is 11.4. The number of aryl methyl sites for hydroxylation is 2. The first-order valence-electron chi connectivity index (χ1n) is 19.3. The van der Waals surface area contributed by atoms with E-state index in [1.54, 1.807) is 0 Å². The van der Waals surface area contributed by atoms with Gasteiger partial charge in [0.2, 0.25) is 0 Å². The van der Waals surface area contributed by atoms with Crippen LogP contribution in [0, 0.1) is 13.8 Å². The molecule has 0 aliphatic carbocycles. The Kier molecular flexibility index (Phi) is 7.26.